The Morgan fingerprint density at radius 1 is 0.969 bits per heavy atom. The second-order valence-corrected chi connectivity index (χ2v) is 8.82. The summed E-state index contributed by atoms with van der Waals surface area (Å²) in [4.78, 5) is 17.7. The van der Waals surface area contributed by atoms with E-state index < -0.39 is 0 Å². The van der Waals surface area contributed by atoms with E-state index in [1.54, 1.807) is 6.07 Å². The molecule has 0 radical (unpaired) electrons. The Hall–Kier alpha value is -2.44. The first-order chi connectivity index (χ1) is 15.7. The lowest BCUT2D eigenvalue weighted by atomic mass is 9.98. The van der Waals surface area contributed by atoms with E-state index >= 15 is 0 Å². The van der Waals surface area contributed by atoms with Crippen LogP contribution >= 0.6 is 0 Å². The average Bonchev–Trinajstić information content (AvgIpc) is 2.83. The number of likely N-dealkylation sites (tertiary alicyclic amines) is 1. The number of hydrogen-bond acceptors (Lipinski definition) is 3. The van der Waals surface area contributed by atoms with Crippen LogP contribution in [0, 0.1) is 5.82 Å². The van der Waals surface area contributed by atoms with Crippen LogP contribution in [0.15, 0.2) is 54.6 Å². The van der Waals surface area contributed by atoms with Gasteiger partial charge in [-0.25, -0.2) is 9.18 Å². The summed E-state index contributed by atoms with van der Waals surface area (Å²) in [5.74, 6) is -0.142. The first-order valence-corrected chi connectivity index (χ1v) is 11.8. The molecule has 0 aromatic heterocycles. The number of rotatable bonds is 7. The molecule has 2 heterocycles. The van der Waals surface area contributed by atoms with Crippen LogP contribution in [-0.4, -0.2) is 60.8 Å². The molecular weight excluding hydrogens is 405 g/mol. The molecule has 2 aromatic rings. The smallest absolute Gasteiger partial charge is 0.317 e. The molecule has 2 aliphatic heterocycles. The van der Waals surface area contributed by atoms with Crippen molar-refractivity contribution in [3.05, 3.63) is 71.5 Å². The van der Waals surface area contributed by atoms with Crippen LogP contribution in [0.1, 0.15) is 36.8 Å². The molecule has 5 nitrogen and oxygen atoms in total. The molecule has 172 valence electrons. The summed E-state index contributed by atoms with van der Waals surface area (Å²) in [7, 11) is 0. The molecule has 0 bridgehead atoms. The van der Waals surface area contributed by atoms with Gasteiger partial charge in [-0.15, -0.1) is 0 Å². The van der Waals surface area contributed by atoms with Crippen LogP contribution in [0.4, 0.5) is 9.18 Å². The number of nitrogens with zero attached hydrogens (tertiary/aromatic N) is 2. The molecule has 2 aliphatic rings. The summed E-state index contributed by atoms with van der Waals surface area (Å²) in [6.45, 7) is 4.43. The van der Waals surface area contributed by atoms with Crippen LogP contribution in [0.3, 0.4) is 0 Å². The van der Waals surface area contributed by atoms with E-state index in [0.717, 1.165) is 50.8 Å². The maximum atomic E-state index is 14.0. The number of urea groups is 1. The average molecular weight is 440 g/mol. The van der Waals surface area contributed by atoms with Crippen LogP contribution in [0.25, 0.3) is 0 Å². The van der Waals surface area contributed by atoms with Crippen molar-refractivity contribution in [1.29, 1.82) is 0 Å². The maximum absolute atomic E-state index is 14.0. The molecule has 6 heteroatoms. The Labute approximate surface area is 190 Å². The van der Waals surface area contributed by atoms with Crippen molar-refractivity contribution in [3.63, 3.8) is 0 Å². The van der Waals surface area contributed by atoms with Gasteiger partial charge in [0.2, 0.25) is 0 Å². The number of amides is 2. The number of ether oxygens (including phenoxy) is 1. The zero-order valence-corrected chi connectivity index (χ0v) is 18.7. The van der Waals surface area contributed by atoms with Crippen molar-refractivity contribution in [1.82, 2.24) is 15.1 Å². The van der Waals surface area contributed by atoms with E-state index in [1.165, 1.54) is 11.6 Å². The molecule has 0 aliphatic carbocycles. The monoisotopic (exact) mass is 439 g/mol. The number of piperidine rings is 1. The van der Waals surface area contributed by atoms with E-state index in [9.17, 15) is 9.18 Å². The SMILES string of the molecule is O=C(NCCc1ccccc1)N(C1CCOCC1)C1CCN(Cc2ccccc2F)CC1. The highest BCUT2D eigenvalue weighted by molar-refractivity contribution is 5.75. The van der Waals surface area contributed by atoms with E-state index in [4.69, 9.17) is 4.74 Å². The first kappa shape index (κ1) is 22.7. The molecule has 0 saturated carbocycles. The lowest BCUT2D eigenvalue weighted by molar-refractivity contribution is 0.0204. The highest BCUT2D eigenvalue weighted by Gasteiger charge is 2.34. The second kappa shape index (κ2) is 11.4. The van der Waals surface area contributed by atoms with Crippen LogP contribution in [-0.2, 0) is 17.7 Å². The molecule has 4 rings (SSSR count). The largest absolute Gasteiger partial charge is 0.381 e. The third-order valence-corrected chi connectivity index (χ3v) is 6.65. The molecule has 0 spiro atoms. The van der Waals surface area contributed by atoms with Crippen molar-refractivity contribution < 1.29 is 13.9 Å². The Morgan fingerprint density at radius 2 is 1.62 bits per heavy atom. The normalized spacial score (nSPS) is 18.4. The van der Waals surface area contributed by atoms with Crippen molar-refractivity contribution in [2.45, 2.75) is 50.7 Å². The van der Waals surface area contributed by atoms with Gasteiger partial charge in [0.05, 0.1) is 0 Å². The number of nitrogens with one attached hydrogen (secondary N) is 1. The van der Waals surface area contributed by atoms with Crippen molar-refractivity contribution in [2.75, 3.05) is 32.8 Å². The minimum atomic E-state index is -0.142. The zero-order valence-electron chi connectivity index (χ0n) is 18.7. The van der Waals surface area contributed by atoms with Gasteiger partial charge in [-0.2, -0.15) is 0 Å². The van der Waals surface area contributed by atoms with Crippen molar-refractivity contribution >= 4 is 6.03 Å². The van der Waals surface area contributed by atoms with E-state index in [-0.39, 0.29) is 23.9 Å². The van der Waals surface area contributed by atoms with Gasteiger partial charge in [0, 0.05) is 57.0 Å². The van der Waals surface area contributed by atoms with Gasteiger partial charge < -0.3 is 15.0 Å². The summed E-state index contributed by atoms with van der Waals surface area (Å²) in [5.41, 5.74) is 1.97. The van der Waals surface area contributed by atoms with E-state index in [2.05, 4.69) is 27.2 Å². The van der Waals surface area contributed by atoms with Gasteiger partial charge in [0.25, 0.3) is 0 Å². The summed E-state index contributed by atoms with van der Waals surface area (Å²) in [5, 5.41) is 3.17. The number of carbonyl (C=O) groups excluding carboxylic acids is 1. The van der Waals surface area contributed by atoms with E-state index in [1.807, 2.05) is 30.3 Å². The fraction of sp³-hybridized carbons (Fsp3) is 0.500. The summed E-state index contributed by atoms with van der Waals surface area (Å²) in [6, 6.07) is 17.7. The van der Waals surface area contributed by atoms with Gasteiger partial charge in [-0.1, -0.05) is 48.5 Å². The zero-order chi connectivity index (χ0) is 22.2. The molecule has 2 aromatic carbocycles. The minimum absolute atomic E-state index is 0.0420. The maximum Gasteiger partial charge on any atom is 0.317 e. The molecule has 32 heavy (non-hydrogen) atoms. The molecule has 2 amide bonds. The Morgan fingerprint density at radius 3 is 2.34 bits per heavy atom. The first-order valence-electron chi connectivity index (χ1n) is 11.8. The lowest BCUT2D eigenvalue weighted by Crippen LogP contribution is -2.56. The predicted molar refractivity (Wildman–Crippen MR) is 124 cm³/mol. The number of carbonyl (C=O) groups is 1. The Bertz CT molecular complexity index is 849. The van der Waals surface area contributed by atoms with E-state index in [0.29, 0.717) is 26.3 Å². The quantitative estimate of drug-likeness (QED) is 0.703. The number of halogens is 1. The molecular formula is C26H34FN3O2. The van der Waals surface area contributed by atoms with Gasteiger partial charge >= 0.3 is 6.03 Å². The Balaban J connectivity index is 1.34. The van der Waals surface area contributed by atoms with Crippen LogP contribution in [0.5, 0.6) is 0 Å². The van der Waals surface area contributed by atoms with Crippen LogP contribution in [0.2, 0.25) is 0 Å². The fourth-order valence-corrected chi connectivity index (χ4v) is 4.87. The fourth-order valence-electron chi connectivity index (χ4n) is 4.87. The summed E-state index contributed by atoms with van der Waals surface area (Å²) < 4.78 is 19.6. The van der Waals surface area contributed by atoms with Gasteiger partial charge in [0.15, 0.2) is 0 Å². The lowest BCUT2D eigenvalue weighted by Gasteiger charge is -2.43. The Kier molecular flexibility index (Phi) is 8.13. The molecule has 0 atom stereocenters. The van der Waals surface area contributed by atoms with Gasteiger partial charge in [-0.05, 0) is 43.7 Å². The second-order valence-electron chi connectivity index (χ2n) is 8.82. The molecule has 0 unspecified atom stereocenters. The van der Waals surface area contributed by atoms with Crippen molar-refractivity contribution in [3.8, 4) is 0 Å². The van der Waals surface area contributed by atoms with Gasteiger partial charge in [0.1, 0.15) is 5.82 Å². The third-order valence-electron chi connectivity index (χ3n) is 6.65. The highest BCUT2D eigenvalue weighted by atomic mass is 19.1. The topological polar surface area (TPSA) is 44.8 Å². The molecule has 1 N–H and O–H groups in total. The van der Waals surface area contributed by atoms with Crippen molar-refractivity contribution in [2.24, 2.45) is 0 Å². The summed E-state index contributed by atoms with van der Waals surface area (Å²) >= 11 is 0. The number of benzene rings is 2. The third kappa shape index (κ3) is 6.08. The van der Waals surface area contributed by atoms with Crippen LogP contribution < -0.4 is 5.32 Å². The highest BCUT2D eigenvalue weighted by Crippen LogP contribution is 2.25. The standard InChI is InChI=1S/C26H34FN3O2/c27-25-9-5-4-8-22(25)20-29-16-11-23(12-17-29)30(24-13-18-32-19-14-24)26(31)28-15-10-21-6-2-1-3-7-21/h1-9,23-24H,10-20H2,(H,28,31). The predicted octanol–water partition coefficient (Wildman–Crippen LogP) is 4.22. The number of hydrogen-bond donors (Lipinski definition) is 1. The minimum Gasteiger partial charge on any atom is -0.381 e. The molecule has 2 saturated heterocycles. The molecule has 2 fully saturated rings. The van der Waals surface area contributed by atoms with Gasteiger partial charge in [-0.3, -0.25) is 4.90 Å². The summed E-state index contributed by atoms with van der Waals surface area (Å²) in [6.07, 6.45) is 4.44.